The summed E-state index contributed by atoms with van der Waals surface area (Å²) in [6.45, 7) is 2.05. The molecular weight excluding hydrogens is 348 g/mol. The summed E-state index contributed by atoms with van der Waals surface area (Å²) >= 11 is 0. The molecule has 0 fully saturated rings. The van der Waals surface area contributed by atoms with Crippen LogP contribution in [0.25, 0.3) is 22.2 Å². The summed E-state index contributed by atoms with van der Waals surface area (Å²) < 4.78 is 5.17. The summed E-state index contributed by atoms with van der Waals surface area (Å²) in [6, 6.07) is 25.0. The number of aromatic nitrogens is 1. The number of anilines is 1. The number of benzene rings is 3. The van der Waals surface area contributed by atoms with Crippen molar-refractivity contribution in [3.8, 4) is 17.0 Å². The second kappa shape index (κ2) is 7.53. The number of methoxy groups -OCH3 is 1. The molecule has 0 aliphatic heterocycles. The summed E-state index contributed by atoms with van der Waals surface area (Å²) in [4.78, 5) is 17.8. The van der Waals surface area contributed by atoms with Crippen molar-refractivity contribution in [1.82, 2.24) is 4.98 Å². The standard InChI is InChI=1S/C24H20N2O2/c1-16-7-9-17(10-8-16)23-15-21(20-5-3-4-6-22(20)26-23)24(27)25-18-11-13-19(28-2)14-12-18/h3-15H,1-2H3,(H,25,27). The topological polar surface area (TPSA) is 51.2 Å². The van der Waals surface area contributed by atoms with Gasteiger partial charge in [-0.15, -0.1) is 0 Å². The molecule has 28 heavy (non-hydrogen) atoms. The maximum absolute atomic E-state index is 13.1. The lowest BCUT2D eigenvalue weighted by molar-refractivity contribution is 0.102. The van der Waals surface area contributed by atoms with Gasteiger partial charge in [-0.25, -0.2) is 4.98 Å². The van der Waals surface area contributed by atoms with Crippen LogP contribution in [0.5, 0.6) is 5.75 Å². The molecule has 0 bridgehead atoms. The summed E-state index contributed by atoms with van der Waals surface area (Å²) in [5, 5.41) is 3.79. The number of rotatable bonds is 4. The molecule has 3 aromatic carbocycles. The Hall–Kier alpha value is -3.66. The first kappa shape index (κ1) is 17.7. The Morgan fingerprint density at radius 1 is 0.929 bits per heavy atom. The number of pyridine rings is 1. The van der Waals surface area contributed by atoms with Gasteiger partial charge >= 0.3 is 0 Å². The van der Waals surface area contributed by atoms with Gasteiger partial charge in [0.2, 0.25) is 0 Å². The van der Waals surface area contributed by atoms with Gasteiger partial charge in [-0.2, -0.15) is 0 Å². The predicted molar refractivity (Wildman–Crippen MR) is 113 cm³/mol. The first-order chi connectivity index (χ1) is 13.6. The van der Waals surface area contributed by atoms with E-state index in [0.717, 1.165) is 27.9 Å². The van der Waals surface area contributed by atoms with Crippen molar-refractivity contribution < 1.29 is 9.53 Å². The molecule has 4 nitrogen and oxygen atoms in total. The number of amides is 1. The predicted octanol–water partition coefficient (Wildman–Crippen LogP) is 5.47. The van der Waals surface area contributed by atoms with Crippen molar-refractivity contribution in [2.24, 2.45) is 0 Å². The van der Waals surface area contributed by atoms with E-state index in [2.05, 4.69) is 5.32 Å². The molecule has 0 unspecified atom stereocenters. The van der Waals surface area contributed by atoms with Crippen molar-refractivity contribution in [2.75, 3.05) is 12.4 Å². The maximum Gasteiger partial charge on any atom is 0.256 e. The molecular formula is C24H20N2O2. The molecule has 1 aromatic heterocycles. The number of ether oxygens (including phenoxy) is 1. The number of carbonyl (C=O) groups excluding carboxylic acids is 1. The third-order valence-electron chi connectivity index (χ3n) is 4.66. The minimum absolute atomic E-state index is 0.169. The van der Waals surface area contributed by atoms with Gasteiger partial charge in [0.15, 0.2) is 0 Å². The first-order valence-corrected chi connectivity index (χ1v) is 9.06. The van der Waals surface area contributed by atoms with E-state index in [0.29, 0.717) is 11.3 Å². The molecule has 4 heteroatoms. The van der Waals surface area contributed by atoms with Crippen LogP contribution in [-0.2, 0) is 0 Å². The second-order valence-corrected chi connectivity index (χ2v) is 6.62. The highest BCUT2D eigenvalue weighted by atomic mass is 16.5. The zero-order valence-electron chi connectivity index (χ0n) is 15.8. The van der Waals surface area contributed by atoms with Crippen LogP contribution < -0.4 is 10.1 Å². The van der Waals surface area contributed by atoms with Crippen LogP contribution in [0.15, 0.2) is 78.9 Å². The molecule has 0 radical (unpaired) electrons. The third-order valence-corrected chi connectivity index (χ3v) is 4.66. The highest BCUT2D eigenvalue weighted by Gasteiger charge is 2.14. The Balaban J connectivity index is 1.75. The zero-order chi connectivity index (χ0) is 19.5. The molecule has 138 valence electrons. The van der Waals surface area contributed by atoms with E-state index in [9.17, 15) is 4.79 Å². The zero-order valence-corrected chi connectivity index (χ0v) is 15.8. The molecule has 1 heterocycles. The van der Waals surface area contributed by atoms with Crippen molar-refractivity contribution in [3.05, 3.63) is 90.0 Å². The number of para-hydroxylation sites is 1. The van der Waals surface area contributed by atoms with E-state index < -0.39 is 0 Å². The SMILES string of the molecule is COc1ccc(NC(=O)c2cc(-c3ccc(C)cc3)nc3ccccc23)cc1. The van der Waals surface area contributed by atoms with Gasteiger partial charge in [0, 0.05) is 16.6 Å². The van der Waals surface area contributed by atoms with Gasteiger partial charge in [-0.05, 0) is 43.3 Å². The Bertz CT molecular complexity index is 1130. The molecule has 0 saturated heterocycles. The average Bonchev–Trinajstić information content (AvgIpc) is 2.74. The van der Waals surface area contributed by atoms with Gasteiger partial charge in [-0.3, -0.25) is 4.79 Å². The largest absolute Gasteiger partial charge is 0.497 e. The van der Waals surface area contributed by atoms with E-state index in [1.165, 1.54) is 5.56 Å². The van der Waals surface area contributed by atoms with Crippen molar-refractivity contribution >= 4 is 22.5 Å². The Kier molecular flexibility index (Phi) is 4.77. The fraction of sp³-hybridized carbons (Fsp3) is 0.0833. The molecule has 0 atom stereocenters. The lowest BCUT2D eigenvalue weighted by atomic mass is 10.0. The molecule has 4 aromatic rings. The molecule has 4 rings (SSSR count). The summed E-state index contributed by atoms with van der Waals surface area (Å²) in [5.74, 6) is 0.575. The Morgan fingerprint density at radius 3 is 2.36 bits per heavy atom. The fourth-order valence-electron chi connectivity index (χ4n) is 3.11. The van der Waals surface area contributed by atoms with Crippen molar-refractivity contribution in [1.29, 1.82) is 0 Å². The third kappa shape index (κ3) is 3.58. The Morgan fingerprint density at radius 2 is 1.64 bits per heavy atom. The van der Waals surface area contributed by atoms with E-state index in [1.807, 2.05) is 85.8 Å². The average molecular weight is 368 g/mol. The van der Waals surface area contributed by atoms with Crippen LogP contribution in [0.3, 0.4) is 0 Å². The number of fused-ring (bicyclic) bond motifs is 1. The number of nitrogens with one attached hydrogen (secondary N) is 1. The highest BCUT2D eigenvalue weighted by molar-refractivity contribution is 6.13. The number of aryl methyl sites for hydroxylation is 1. The van der Waals surface area contributed by atoms with E-state index in [-0.39, 0.29) is 5.91 Å². The quantitative estimate of drug-likeness (QED) is 0.519. The van der Waals surface area contributed by atoms with Gasteiger partial charge < -0.3 is 10.1 Å². The smallest absolute Gasteiger partial charge is 0.256 e. The Labute approximate surface area is 163 Å². The second-order valence-electron chi connectivity index (χ2n) is 6.62. The van der Waals surface area contributed by atoms with Crippen molar-refractivity contribution in [2.45, 2.75) is 6.92 Å². The van der Waals surface area contributed by atoms with Crippen LogP contribution in [0.4, 0.5) is 5.69 Å². The van der Waals surface area contributed by atoms with Crippen LogP contribution in [0.1, 0.15) is 15.9 Å². The molecule has 0 aliphatic rings. The molecule has 1 N–H and O–H groups in total. The van der Waals surface area contributed by atoms with Crippen LogP contribution >= 0.6 is 0 Å². The van der Waals surface area contributed by atoms with Gasteiger partial charge in [0.05, 0.1) is 23.9 Å². The minimum Gasteiger partial charge on any atom is -0.497 e. The van der Waals surface area contributed by atoms with Gasteiger partial charge in [-0.1, -0.05) is 48.0 Å². The number of hydrogen-bond donors (Lipinski definition) is 1. The van der Waals surface area contributed by atoms with Gasteiger partial charge in [0.25, 0.3) is 5.91 Å². The van der Waals surface area contributed by atoms with E-state index in [1.54, 1.807) is 7.11 Å². The van der Waals surface area contributed by atoms with E-state index in [4.69, 9.17) is 9.72 Å². The minimum atomic E-state index is -0.169. The fourth-order valence-corrected chi connectivity index (χ4v) is 3.11. The van der Waals surface area contributed by atoms with Crippen LogP contribution in [0.2, 0.25) is 0 Å². The highest BCUT2D eigenvalue weighted by Crippen LogP contribution is 2.26. The van der Waals surface area contributed by atoms with Crippen LogP contribution in [-0.4, -0.2) is 18.0 Å². The first-order valence-electron chi connectivity index (χ1n) is 9.06. The normalized spacial score (nSPS) is 10.6. The molecule has 0 saturated carbocycles. The molecule has 0 spiro atoms. The van der Waals surface area contributed by atoms with E-state index >= 15 is 0 Å². The summed E-state index contributed by atoms with van der Waals surface area (Å²) in [6.07, 6.45) is 0. The lowest BCUT2D eigenvalue weighted by Gasteiger charge is -2.11. The summed E-state index contributed by atoms with van der Waals surface area (Å²) in [7, 11) is 1.61. The lowest BCUT2D eigenvalue weighted by Crippen LogP contribution is -2.13. The van der Waals surface area contributed by atoms with Gasteiger partial charge in [0.1, 0.15) is 5.75 Å². The molecule has 1 amide bonds. The monoisotopic (exact) mass is 368 g/mol. The molecule has 0 aliphatic carbocycles. The van der Waals surface area contributed by atoms with Crippen LogP contribution in [0, 0.1) is 6.92 Å². The number of nitrogens with zero attached hydrogens (tertiary/aromatic N) is 1. The number of hydrogen-bond acceptors (Lipinski definition) is 3. The number of carbonyl (C=O) groups is 1. The van der Waals surface area contributed by atoms with Crippen molar-refractivity contribution in [3.63, 3.8) is 0 Å². The maximum atomic E-state index is 13.1. The summed E-state index contributed by atoms with van der Waals surface area (Å²) in [5.41, 5.74) is 5.04.